The molecule has 128 valence electrons. The maximum absolute atomic E-state index is 13.0. The van der Waals surface area contributed by atoms with Crippen LogP contribution in [-0.4, -0.2) is 15.0 Å². The van der Waals surface area contributed by atoms with Crippen LogP contribution < -0.4 is 10.7 Å². The maximum atomic E-state index is 13.0. The highest BCUT2D eigenvalue weighted by atomic mass is 16.1. The van der Waals surface area contributed by atoms with Crippen molar-refractivity contribution in [2.45, 2.75) is 20.4 Å². The van der Waals surface area contributed by atoms with Gasteiger partial charge in [0, 0.05) is 34.7 Å². The van der Waals surface area contributed by atoms with Gasteiger partial charge >= 0.3 is 0 Å². The molecule has 0 aliphatic heterocycles. The highest BCUT2D eigenvalue weighted by Crippen LogP contribution is 2.17. The fourth-order valence-electron chi connectivity index (χ4n) is 2.98. The lowest BCUT2D eigenvalue weighted by atomic mass is 10.2. The van der Waals surface area contributed by atoms with E-state index in [0.717, 1.165) is 22.2 Å². The minimum absolute atomic E-state index is 0.0318. The lowest BCUT2D eigenvalue weighted by Crippen LogP contribution is -2.06. The number of aryl methyl sites for hydroxylation is 2. The molecule has 4 aromatic rings. The highest BCUT2D eigenvalue weighted by molar-refractivity contribution is 5.92. The van der Waals surface area contributed by atoms with E-state index in [-0.39, 0.29) is 5.43 Å². The summed E-state index contributed by atoms with van der Waals surface area (Å²) in [7, 11) is 0. The first-order valence-electron chi connectivity index (χ1n) is 8.45. The molecule has 3 heterocycles. The minimum atomic E-state index is -0.0318. The van der Waals surface area contributed by atoms with Crippen LogP contribution in [0.4, 0.5) is 5.82 Å². The predicted octanol–water partition coefficient (Wildman–Crippen LogP) is 3.77. The molecule has 0 amide bonds. The van der Waals surface area contributed by atoms with Crippen LogP contribution in [0, 0.1) is 13.8 Å². The smallest absolute Gasteiger partial charge is 0.196 e. The van der Waals surface area contributed by atoms with E-state index in [1.165, 1.54) is 0 Å². The number of anilines is 1. The molecule has 1 aromatic carbocycles. The van der Waals surface area contributed by atoms with Crippen LogP contribution >= 0.6 is 0 Å². The van der Waals surface area contributed by atoms with E-state index < -0.39 is 0 Å². The monoisotopic (exact) mass is 342 g/mol. The molecule has 1 N–H and O–H groups in total. The molecule has 5 heteroatoms. The van der Waals surface area contributed by atoms with Gasteiger partial charge in [0.05, 0.1) is 17.8 Å². The SMILES string of the molecule is Cc1cnc2ccc3cnc(NCc4ncccc4C)cc3c(=O)c2c1. The molecule has 0 saturated heterocycles. The number of nitrogens with zero attached hydrogens (tertiary/aromatic N) is 3. The van der Waals surface area contributed by atoms with E-state index in [1.807, 2.05) is 44.2 Å². The summed E-state index contributed by atoms with van der Waals surface area (Å²) >= 11 is 0. The molecule has 5 nitrogen and oxygen atoms in total. The number of aromatic nitrogens is 3. The molecule has 4 rings (SSSR count). The molecular weight excluding hydrogens is 324 g/mol. The van der Waals surface area contributed by atoms with E-state index in [4.69, 9.17) is 0 Å². The Labute approximate surface area is 150 Å². The number of fused-ring (bicyclic) bond motifs is 2. The lowest BCUT2D eigenvalue weighted by Gasteiger charge is -2.07. The lowest BCUT2D eigenvalue weighted by molar-refractivity contribution is 1.01. The summed E-state index contributed by atoms with van der Waals surface area (Å²) < 4.78 is 0. The third-order valence-electron chi connectivity index (χ3n) is 4.45. The number of pyridine rings is 3. The van der Waals surface area contributed by atoms with Crippen LogP contribution in [0.15, 0.2) is 59.8 Å². The molecule has 0 bridgehead atoms. The number of rotatable bonds is 3. The van der Waals surface area contributed by atoms with Gasteiger partial charge in [0.2, 0.25) is 0 Å². The van der Waals surface area contributed by atoms with Gasteiger partial charge in [0.25, 0.3) is 0 Å². The largest absolute Gasteiger partial charge is 0.364 e. The van der Waals surface area contributed by atoms with Crippen molar-refractivity contribution in [2.75, 3.05) is 5.32 Å². The van der Waals surface area contributed by atoms with Gasteiger partial charge in [-0.3, -0.25) is 14.8 Å². The number of nitrogens with one attached hydrogen (secondary N) is 1. The molecule has 26 heavy (non-hydrogen) atoms. The van der Waals surface area contributed by atoms with Crippen molar-refractivity contribution < 1.29 is 0 Å². The van der Waals surface area contributed by atoms with Gasteiger partial charge in [0.1, 0.15) is 5.82 Å². The second kappa shape index (κ2) is 6.52. The summed E-state index contributed by atoms with van der Waals surface area (Å²) in [6.07, 6.45) is 5.26. The van der Waals surface area contributed by atoms with Crippen molar-refractivity contribution in [2.24, 2.45) is 0 Å². The van der Waals surface area contributed by atoms with E-state index in [0.29, 0.717) is 28.7 Å². The second-order valence-corrected chi connectivity index (χ2v) is 6.39. The summed E-state index contributed by atoms with van der Waals surface area (Å²) in [6.45, 7) is 4.51. The first-order valence-corrected chi connectivity index (χ1v) is 8.45. The molecule has 0 spiro atoms. The normalized spacial score (nSPS) is 11.0. The quantitative estimate of drug-likeness (QED) is 0.614. The molecule has 0 aliphatic carbocycles. The van der Waals surface area contributed by atoms with Crippen LogP contribution in [0.5, 0.6) is 0 Å². The van der Waals surface area contributed by atoms with Gasteiger partial charge in [-0.15, -0.1) is 0 Å². The zero-order valence-electron chi connectivity index (χ0n) is 14.7. The minimum Gasteiger partial charge on any atom is -0.364 e. The molecule has 0 atom stereocenters. The Bertz CT molecular complexity index is 1190. The van der Waals surface area contributed by atoms with Crippen molar-refractivity contribution in [3.05, 3.63) is 82.0 Å². The Morgan fingerprint density at radius 2 is 1.85 bits per heavy atom. The summed E-state index contributed by atoms with van der Waals surface area (Å²) in [5, 5.41) is 5.31. The first-order chi connectivity index (χ1) is 12.6. The van der Waals surface area contributed by atoms with Gasteiger partial charge < -0.3 is 5.32 Å². The Kier molecular flexibility index (Phi) is 4.05. The third kappa shape index (κ3) is 2.99. The van der Waals surface area contributed by atoms with Crippen molar-refractivity contribution in [1.82, 2.24) is 15.0 Å². The van der Waals surface area contributed by atoms with E-state index in [9.17, 15) is 4.79 Å². The van der Waals surface area contributed by atoms with Gasteiger partial charge in [-0.25, -0.2) is 4.98 Å². The topological polar surface area (TPSA) is 67.8 Å². The average molecular weight is 342 g/mol. The highest BCUT2D eigenvalue weighted by Gasteiger charge is 2.06. The molecule has 0 fully saturated rings. The van der Waals surface area contributed by atoms with Gasteiger partial charge in [0.15, 0.2) is 5.43 Å². The van der Waals surface area contributed by atoms with E-state index >= 15 is 0 Å². The Balaban J connectivity index is 1.79. The third-order valence-corrected chi connectivity index (χ3v) is 4.45. The zero-order chi connectivity index (χ0) is 18.1. The van der Waals surface area contributed by atoms with Crippen molar-refractivity contribution in [3.63, 3.8) is 0 Å². The van der Waals surface area contributed by atoms with Crippen LogP contribution in [0.25, 0.3) is 21.7 Å². The fourth-order valence-corrected chi connectivity index (χ4v) is 2.98. The molecular formula is C21H18N4O. The zero-order valence-corrected chi connectivity index (χ0v) is 14.7. The fraction of sp³-hybridized carbons (Fsp3) is 0.143. The molecule has 0 aliphatic rings. The van der Waals surface area contributed by atoms with Crippen molar-refractivity contribution in [1.29, 1.82) is 0 Å². The molecule has 0 radical (unpaired) electrons. The van der Waals surface area contributed by atoms with Crippen molar-refractivity contribution >= 4 is 27.5 Å². The van der Waals surface area contributed by atoms with E-state index in [1.54, 1.807) is 24.7 Å². The average Bonchev–Trinajstić information content (AvgIpc) is 2.78. The number of hydrogen-bond donors (Lipinski definition) is 1. The summed E-state index contributed by atoms with van der Waals surface area (Å²) in [5.74, 6) is 0.652. The van der Waals surface area contributed by atoms with E-state index in [2.05, 4.69) is 20.3 Å². The van der Waals surface area contributed by atoms with Crippen molar-refractivity contribution in [3.8, 4) is 0 Å². The van der Waals surface area contributed by atoms with Crippen LogP contribution in [0.3, 0.4) is 0 Å². The Hall–Kier alpha value is -3.34. The summed E-state index contributed by atoms with van der Waals surface area (Å²) in [5.41, 5.74) is 3.70. The van der Waals surface area contributed by atoms with Crippen LogP contribution in [0.2, 0.25) is 0 Å². The van der Waals surface area contributed by atoms with Gasteiger partial charge in [-0.2, -0.15) is 0 Å². The molecule has 0 unspecified atom stereocenters. The Morgan fingerprint density at radius 3 is 2.69 bits per heavy atom. The van der Waals surface area contributed by atoms with Crippen LogP contribution in [0.1, 0.15) is 16.8 Å². The predicted molar refractivity (Wildman–Crippen MR) is 104 cm³/mol. The van der Waals surface area contributed by atoms with Gasteiger partial charge in [-0.1, -0.05) is 12.1 Å². The summed E-state index contributed by atoms with van der Waals surface area (Å²) in [4.78, 5) is 26.2. The standard InChI is InChI=1S/C21H18N4O/c1-13-8-17-18(23-10-13)6-5-15-11-24-20(9-16(15)21(17)26)25-12-19-14(2)4-3-7-22-19/h3-11H,12H2,1-2H3,(H,24,25). The first kappa shape index (κ1) is 16.1. The molecule has 0 saturated carbocycles. The Morgan fingerprint density at radius 1 is 0.962 bits per heavy atom. The summed E-state index contributed by atoms with van der Waals surface area (Å²) in [6, 6.07) is 11.4. The van der Waals surface area contributed by atoms with Crippen LogP contribution in [-0.2, 0) is 6.54 Å². The molecule has 3 aromatic heterocycles. The number of hydrogen-bond acceptors (Lipinski definition) is 5. The van der Waals surface area contributed by atoms with Gasteiger partial charge in [-0.05, 0) is 49.2 Å². The second-order valence-electron chi connectivity index (χ2n) is 6.39. The maximum Gasteiger partial charge on any atom is 0.196 e.